The Balaban J connectivity index is 1.67. The topological polar surface area (TPSA) is 85.0 Å². The largest absolute Gasteiger partial charge is 0.415 e. The highest BCUT2D eigenvalue weighted by atomic mass is 19.1. The summed E-state index contributed by atoms with van der Waals surface area (Å²) >= 11 is 0. The summed E-state index contributed by atoms with van der Waals surface area (Å²) in [5.74, 6) is -0.0717. The first-order chi connectivity index (χ1) is 14.4. The van der Waals surface area contributed by atoms with Crippen molar-refractivity contribution in [1.29, 1.82) is 0 Å². The predicted molar refractivity (Wildman–Crippen MR) is 109 cm³/mol. The van der Waals surface area contributed by atoms with Crippen LogP contribution in [0, 0.1) is 12.7 Å². The van der Waals surface area contributed by atoms with Crippen LogP contribution in [0.3, 0.4) is 0 Å². The van der Waals surface area contributed by atoms with Crippen molar-refractivity contribution in [1.82, 2.24) is 25.1 Å². The van der Waals surface area contributed by atoms with E-state index in [0.29, 0.717) is 28.2 Å². The lowest BCUT2D eigenvalue weighted by Gasteiger charge is -2.10. The van der Waals surface area contributed by atoms with Gasteiger partial charge in [0.05, 0.1) is 17.6 Å². The van der Waals surface area contributed by atoms with Gasteiger partial charge < -0.3 is 9.32 Å². The second kappa shape index (κ2) is 7.82. The SMILES string of the molecule is Cc1ncc(-c2ccc(C(=O)N(C)C)cc2)nc1-c1nnc(-c2cccc(F)c2)o1. The Kier molecular flexibility index (Phi) is 5.05. The Labute approximate surface area is 172 Å². The maximum absolute atomic E-state index is 13.5. The maximum Gasteiger partial charge on any atom is 0.268 e. The molecule has 0 aliphatic carbocycles. The van der Waals surface area contributed by atoms with Gasteiger partial charge in [-0.2, -0.15) is 0 Å². The standard InChI is InChI=1S/C22H18FN5O2/c1-13-19(21-27-26-20(30-21)16-5-4-6-17(23)11-16)25-18(12-24-13)14-7-9-15(10-8-14)22(29)28(2)3/h4-12H,1-3H3. The Morgan fingerprint density at radius 1 is 1.00 bits per heavy atom. The molecule has 0 atom stereocenters. The van der Waals surface area contributed by atoms with Crippen molar-refractivity contribution >= 4 is 5.91 Å². The van der Waals surface area contributed by atoms with Crippen molar-refractivity contribution in [3.05, 3.63) is 71.8 Å². The number of amides is 1. The average molecular weight is 403 g/mol. The van der Waals surface area contributed by atoms with Gasteiger partial charge in [-0.15, -0.1) is 10.2 Å². The monoisotopic (exact) mass is 403 g/mol. The fraction of sp³-hybridized carbons (Fsp3) is 0.136. The number of hydrogen-bond donors (Lipinski definition) is 0. The summed E-state index contributed by atoms with van der Waals surface area (Å²) in [6.45, 7) is 1.79. The molecule has 2 aromatic carbocycles. The van der Waals surface area contributed by atoms with Crippen LogP contribution in [0.5, 0.6) is 0 Å². The van der Waals surface area contributed by atoms with Gasteiger partial charge in [-0.05, 0) is 37.3 Å². The van der Waals surface area contributed by atoms with E-state index in [1.54, 1.807) is 51.5 Å². The Bertz CT molecular complexity index is 1220. The first kappa shape index (κ1) is 19.4. The molecule has 7 nitrogen and oxygen atoms in total. The van der Waals surface area contributed by atoms with E-state index in [0.717, 1.165) is 5.56 Å². The van der Waals surface area contributed by atoms with E-state index in [-0.39, 0.29) is 23.5 Å². The minimum Gasteiger partial charge on any atom is -0.415 e. The molecule has 4 rings (SSSR count). The molecule has 4 aromatic rings. The van der Waals surface area contributed by atoms with Gasteiger partial charge in [0.1, 0.15) is 11.5 Å². The normalized spacial score (nSPS) is 10.8. The van der Waals surface area contributed by atoms with Gasteiger partial charge in [0.15, 0.2) is 0 Å². The summed E-state index contributed by atoms with van der Waals surface area (Å²) in [6, 6.07) is 13.0. The molecule has 0 saturated heterocycles. The number of carbonyl (C=O) groups excluding carboxylic acids is 1. The number of carbonyl (C=O) groups is 1. The van der Waals surface area contributed by atoms with E-state index >= 15 is 0 Å². The van der Waals surface area contributed by atoms with E-state index in [1.165, 1.54) is 17.0 Å². The molecule has 0 radical (unpaired) electrons. The van der Waals surface area contributed by atoms with Crippen molar-refractivity contribution < 1.29 is 13.6 Å². The number of halogens is 1. The molecule has 0 spiro atoms. The minimum atomic E-state index is -0.388. The summed E-state index contributed by atoms with van der Waals surface area (Å²) in [4.78, 5) is 22.6. The summed E-state index contributed by atoms with van der Waals surface area (Å²) in [7, 11) is 3.41. The van der Waals surface area contributed by atoms with E-state index in [2.05, 4.69) is 20.2 Å². The number of hydrogen-bond acceptors (Lipinski definition) is 6. The van der Waals surface area contributed by atoms with E-state index < -0.39 is 0 Å². The quantitative estimate of drug-likeness (QED) is 0.512. The van der Waals surface area contributed by atoms with Crippen LogP contribution in [0.15, 0.2) is 59.1 Å². The van der Waals surface area contributed by atoms with Crippen LogP contribution in [0.25, 0.3) is 34.3 Å². The van der Waals surface area contributed by atoms with Crippen LogP contribution in [-0.4, -0.2) is 45.1 Å². The van der Waals surface area contributed by atoms with Gasteiger partial charge in [0.2, 0.25) is 5.89 Å². The third-order valence-electron chi connectivity index (χ3n) is 4.49. The van der Waals surface area contributed by atoms with Crippen molar-refractivity contribution in [2.24, 2.45) is 0 Å². The lowest BCUT2D eigenvalue weighted by atomic mass is 10.1. The smallest absolute Gasteiger partial charge is 0.268 e. The highest BCUT2D eigenvalue weighted by molar-refractivity contribution is 5.94. The molecule has 0 aliphatic heterocycles. The number of nitrogens with zero attached hydrogens (tertiary/aromatic N) is 5. The van der Waals surface area contributed by atoms with Gasteiger partial charge in [-0.3, -0.25) is 9.78 Å². The molecule has 2 heterocycles. The fourth-order valence-corrected chi connectivity index (χ4v) is 2.89. The molecular formula is C22H18FN5O2. The summed E-state index contributed by atoms with van der Waals surface area (Å²) in [6.07, 6.45) is 1.64. The summed E-state index contributed by atoms with van der Waals surface area (Å²) < 4.78 is 19.2. The molecule has 0 N–H and O–H groups in total. The third-order valence-corrected chi connectivity index (χ3v) is 4.49. The molecule has 0 bridgehead atoms. The van der Waals surface area contributed by atoms with Crippen molar-refractivity contribution in [3.63, 3.8) is 0 Å². The van der Waals surface area contributed by atoms with Gasteiger partial charge in [0, 0.05) is 30.8 Å². The molecule has 0 aliphatic rings. The van der Waals surface area contributed by atoms with Crippen molar-refractivity contribution in [2.75, 3.05) is 14.1 Å². The zero-order valence-corrected chi connectivity index (χ0v) is 16.6. The molecular weight excluding hydrogens is 385 g/mol. The predicted octanol–water partition coefficient (Wildman–Crippen LogP) is 4.01. The van der Waals surface area contributed by atoms with Crippen LogP contribution in [0.4, 0.5) is 4.39 Å². The maximum atomic E-state index is 13.5. The molecule has 150 valence electrons. The number of aromatic nitrogens is 4. The molecule has 30 heavy (non-hydrogen) atoms. The van der Waals surface area contributed by atoms with Crippen LogP contribution in [0.1, 0.15) is 16.1 Å². The molecule has 0 fully saturated rings. The van der Waals surface area contributed by atoms with Crippen LogP contribution in [0.2, 0.25) is 0 Å². The van der Waals surface area contributed by atoms with Crippen molar-refractivity contribution in [3.8, 4) is 34.3 Å². The van der Waals surface area contributed by atoms with E-state index in [4.69, 9.17) is 4.42 Å². The van der Waals surface area contributed by atoms with Gasteiger partial charge in [0.25, 0.3) is 11.8 Å². The van der Waals surface area contributed by atoms with Crippen LogP contribution >= 0.6 is 0 Å². The molecule has 8 heteroatoms. The van der Waals surface area contributed by atoms with Gasteiger partial charge >= 0.3 is 0 Å². The molecule has 0 saturated carbocycles. The second-order valence-electron chi connectivity index (χ2n) is 6.89. The lowest BCUT2D eigenvalue weighted by molar-refractivity contribution is 0.0827. The lowest BCUT2D eigenvalue weighted by Crippen LogP contribution is -2.21. The van der Waals surface area contributed by atoms with Crippen LogP contribution < -0.4 is 0 Å². The van der Waals surface area contributed by atoms with E-state index in [1.807, 2.05) is 12.1 Å². The molecule has 0 unspecified atom stereocenters. The van der Waals surface area contributed by atoms with Gasteiger partial charge in [-0.1, -0.05) is 18.2 Å². The fourth-order valence-electron chi connectivity index (χ4n) is 2.89. The van der Waals surface area contributed by atoms with E-state index in [9.17, 15) is 9.18 Å². The van der Waals surface area contributed by atoms with Crippen LogP contribution in [-0.2, 0) is 0 Å². The number of aryl methyl sites for hydroxylation is 1. The minimum absolute atomic E-state index is 0.0760. The molecule has 1 amide bonds. The highest BCUT2D eigenvalue weighted by Gasteiger charge is 2.17. The van der Waals surface area contributed by atoms with Crippen molar-refractivity contribution in [2.45, 2.75) is 6.92 Å². The summed E-state index contributed by atoms with van der Waals surface area (Å²) in [5, 5.41) is 8.05. The Morgan fingerprint density at radius 2 is 1.73 bits per heavy atom. The Morgan fingerprint density at radius 3 is 2.43 bits per heavy atom. The molecule has 2 aromatic heterocycles. The summed E-state index contributed by atoms with van der Waals surface area (Å²) in [5.41, 5.74) is 3.52. The average Bonchev–Trinajstić information content (AvgIpc) is 3.24. The number of benzene rings is 2. The Hall–Kier alpha value is -3.94. The second-order valence-corrected chi connectivity index (χ2v) is 6.89. The first-order valence-electron chi connectivity index (χ1n) is 9.18. The highest BCUT2D eigenvalue weighted by Crippen LogP contribution is 2.27. The zero-order chi connectivity index (χ0) is 21.3. The third kappa shape index (κ3) is 3.80. The van der Waals surface area contributed by atoms with Gasteiger partial charge in [-0.25, -0.2) is 9.37 Å². The number of rotatable bonds is 4. The first-order valence-corrected chi connectivity index (χ1v) is 9.18. The zero-order valence-electron chi connectivity index (χ0n) is 16.6.